The van der Waals surface area contributed by atoms with Gasteiger partial charge in [-0.3, -0.25) is 14.5 Å². The van der Waals surface area contributed by atoms with Gasteiger partial charge >= 0.3 is 6.03 Å². The summed E-state index contributed by atoms with van der Waals surface area (Å²) < 4.78 is 34.0. The maximum absolute atomic E-state index is 14.2. The van der Waals surface area contributed by atoms with Gasteiger partial charge in [0.15, 0.2) is 0 Å². The number of aryl methyl sites for hydroxylation is 1. The van der Waals surface area contributed by atoms with E-state index in [1.54, 1.807) is 31.3 Å². The van der Waals surface area contributed by atoms with Gasteiger partial charge in [-0.25, -0.2) is 18.6 Å². The van der Waals surface area contributed by atoms with E-state index in [1.165, 1.54) is 0 Å². The summed E-state index contributed by atoms with van der Waals surface area (Å²) in [5.74, 6) is -2.29. The topological polar surface area (TPSA) is 139 Å². The number of benzene rings is 2. The van der Waals surface area contributed by atoms with Crippen LogP contribution in [0.4, 0.5) is 19.3 Å². The second-order valence-corrected chi connectivity index (χ2v) is 10.9. The van der Waals surface area contributed by atoms with E-state index >= 15 is 0 Å². The minimum atomic E-state index is -1.09. The Morgan fingerprint density at radius 1 is 1.09 bits per heavy atom. The van der Waals surface area contributed by atoms with Crippen LogP contribution in [0, 0.1) is 18.6 Å². The highest BCUT2D eigenvalue weighted by Gasteiger charge is 2.30. The Balaban J connectivity index is 1.37. The van der Waals surface area contributed by atoms with E-state index in [4.69, 9.17) is 10.5 Å². The number of piperidine rings is 1. The molecule has 44 heavy (non-hydrogen) atoms. The third kappa shape index (κ3) is 8.28. The summed E-state index contributed by atoms with van der Waals surface area (Å²) in [7, 11) is 1.58. The van der Waals surface area contributed by atoms with Crippen LogP contribution in [0.2, 0.25) is 0 Å². The molecular formula is C32H38F2N6O4. The average molecular weight is 609 g/mol. The zero-order chi connectivity index (χ0) is 31.8. The molecule has 2 aromatic carbocycles. The molecule has 2 unspecified atom stereocenters. The quantitative estimate of drug-likeness (QED) is 0.234. The summed E-state index contributed by atoms with van der Waals surface area (Å²) in [6.45, 7) is 5.48. The van der Waals surface area contributed by atoms with Crippen molar-refractivity contribution in [2.45, 2.75) is 64.6 Å². The van der Waals surface area contributed by atoms with Crippen molar-refractivity contribution in [2.75, 3.05) is 18.9 Å². The predicted molar refractivity (Wildman–Crippen MR) is 163 cm³/mol. The third-order valence-corrected chi connectivity index (χ3v) is 7.74. The zero-order valence-electron chi connectivity index (χ0n) is 25.1. The number of nitrogens with one attached hydrogen (secondary N) is 3. The maximum atomic E-state index is 14.2. The number of nitrogens with two attached hydrogens (primary N) is 1. The number of amides is 4. The fraction of sp³-hybridized carbons (Fsp3) is 0.375. The first-order valence-corrected chi connectivity index (χ1v) is 14.6. The molecule has 5 N–H and O–H groups in total. The van der Waals surface area contributed by atoms with Gasteiger partial charge in [-0.05, 0) is 62.1 Å². The molecule has 4 rings (SSSR count). The van der Waals surface area contributed by atoms with Crippen LogP contribution in [-0.4, -0.2) is 53.4 Å². The highest BCUT2D eigenvalue weighted by atomic mass is 19.1. The Morgan fingerprint density at radius 2 is 1.84 bits per heavy atom. The predicted octanol–water partition coefficient (Wildman–Crippen LogP) is 5.26. The lowest BCUT2D eigenvalue weighted by atomic mass is 9.92. The Labute approximate surface area is 255 Å². The summed E-state index contributed by atoms with van der Waals surface area (Å²) in [6, 6.07) is 11.5. The number of hydrogen-bond donors (Lipinski definition) is 4. The number of nitrogens with zero attached hydrogens (tertiary/aromatic N) is 2. The molecule has 0 saturated carbocycles. The molecular weight excluding hydrogens is 570 g/mol. The van der Waals surface area contributed by atoms with Crippen LogP contribution in [0.5, 0.6) is 11.6 Å². The van der Waals surface area contributed by atoms with E-state index in [2.05, 4.69) is 32.8 Å². The lowest BCUT2D eigenvalue weighted by Gasteiger charge is -2.40. The summed E-state index contributed by atoms with van der Waals surface area (Å²) >= 11 is 0. The number of carbonyl (C=O) groups is 3. The van der Waals surface area contributed by atoms with Crippen molar-refractivity contribution in [1.29, 1.82) is 0 Å². The summed E-state index contributed by atoms with van der Waals surface area (Å²) in [4.78, 5) is 42.9. The van der Waals surface area contributed by atoms with Crippen LogP contribution in [0.25, 0.3) is 0 Å². The molecule has 2 atom stereocenters. The Kier molecular flexibility index (Phi) is 10.8. The van der Waals surface area contributed by atoms with E-state index < -0.39 is 29.1 Å². The van der Waals surface area contributed by atoms with Crippen LogP contribution in [-0.2, 0) is 6.54 Å². The van der Waals surface area contributed by atoms with Crippen molar-refractivity contribution in [2.24, 2.45) is 5.73 Å². The second-order valence-electron chi connectivity index (χ2n) is 10.9. The van der Waals surface area contributed by atoms with E-state index in [-0.39, 0.29) is 23.7 Å². The molecule has 1 fully saturated rings. The van der Waals surface area contributed by atoms with Crippen molar-refractivity contribution in [1.82, 2.24) is 20.5 Å². The molecule has 1 aliphatic rings. The van der Waals surface area contributed by atoms with Crippen LogP contribution < -0.4 is 26.4 Å². The minimum Gasteiger partial charge on any atom is -0.439 e. The molecule has 0 bridgehead atoms. The van der Waals surface area contributed by atoms with Gasteiger partial charge in [0.2, 0.25) is 5.88 Å². The number of pyridine rings is 1. The van der Waals surface area contributed by atoms with Crippen molar-refractivity contribution < 1.29 is 27.9 Å². The number of anilines is 1. The largest absolute Gasteiger partial charge is 0.439 e. The van der Waals surface area contributed by atoms with Crippen molar-refractivity contribution in [3.8, 4) is 11.6 Å². The molecule has 1 saturated heterocycles. The molecule has 0 radical (unpaired) electrons. The standard InChI is InChI=1S/C32H38F2N6O4/c1-4-5-6-23-15-22(38-32(43)39-28-16-25(30(35)41)26(33)17-27(28)34)13-14-40(23)18-21-9-12-29(37-19(21)2)44-24-10-7-20(8-11-24)31(42)36-3/h7-12,16-17,22-23H,4-6,13-15,18H2,1-3H3,(H2,35,41)(H,36,42)(H2,38,39,43). The number of urea groups is 1. The van der Waals surface area contributed by atoms with E-state index in [0.29, 0.717) is 42.6 Å². The summed E-state index contributed by atoms with van der Waals surface area (Å²) in [5.41, 5.74) is 6.76. The van der Waals surface area contributed by atoms with Gasteiger partial charge in [-0.1, -0.05) is 25.8 Å². The highest BCUT2D eigenvalue weighted by molar-refractivity contribution is 5.96. The molecule has 1 aromatic heterocycles. The third-order valence-electron chi connectivity index (χ3n) is 7.74. The van der Waals surface area contributed by atoms with Gasteiger partial charge in [-0.2, -0.15) is 0 Å². The molecule has 12 heteroatoms. The number of unbranched alkanes of at least 4 members (excludes halogenated alkanes) is 1. The van der Waals surface area contributed by atoms with Crippen LogP contribution >= 0.6 is 0 Å². The monoisotopic (exact) mass is 608 g/mol. The van der Waals surface area contributed by atoms with Crippen LogP contribution in [0.1, 0.15) is 71.0 Å². The molecule has 0 spiro atoms. The smallest absolute Gasteiger partial charge is 0.319 e. The summed E-state index contributed by atoms with van der Waals surface area (Å²) in [5, 5.41) is 7.86. The van der Waals surface area contributed by atoms with E-state index in [9.17, 15) is 23.2 Å². The van der Waals surface area contributed by atoms with Crippen molar-refractivity contribution in [3.05, 3.63) is 82.5 Å². The molecule has 234 valence electrons. The molecule has 3 aromatic rings. The van der Waals surface area contributed by atoms with Crippen LogP contribution in [0.3, 0.4) is 0 Å². The van der Waals surface area contributed by atoms with Crippen molar-refractivity contribution >= 4 is 23.5 Å². The fourth-order valence-electron chi connectivity index (χ4n) is 5.31. The first-order valence-electron chi connectivity index (χ1n) is 14.6. The number of rotatable bonds is 11. The fourth-order valence-corrected chi connectivity index (χ4v) is 5.31. The normalized spacial score (nSPS) is 16.7. The van der Waals surface area contributed by atoms with E-state index in [1.807, 2.05) is 19.1 Å². The zero-order valence-corrected chi connectivity index (χ0v) is 25.1. The van der Waals surface area contributed by atoms with Gasteiger partial charge in [0.25, 0.3) is 11.8 Å². The second kappa shape index (κ2) is 14.7. The van der Waals surface area contributed by atoms with Gasteiger partial charge in [0.1, 0.15) is 17.4 Å². The van der Waals surface area contributed by atoms with Gasteiger partial charge in [0, 0.05) is 55.6 Å². The molecule has 10 nitrogen and oxygen atoms in total. The number of carbonyl (C=O) groups excluding carboxylic acids is 3. The van der Waals surface area contributed by atoms with Gasteiger partial charge in [0.05, 0.1) is 11.3 Å². The number of ether oxygens (including phenoxy) is 1. The lowest BCUT2D eigenvalue weighted by Crippen LogP contribution is -2.50. The number of halogens is 2. The van der Waals surface area contributed by atoms with Gasteiger partial charge in [-0.15, -0.1) is 0 Å². The van der Waals surface area contributed by atoms with E-state index in [0.717, 1.165) is 43.1 Å². The van der Waals surface area contributed by atoms with Crippen molar-refractivity contribution in [3.63, 3.8) is 0 Å². The first-order chi connectivity index (χ1) is 21.1. The molecule has 0 aliphatic carbocycles. The maximum Gasteiger partial charge on any atom is 0.319 e. The average Bonchev–Trinajstić information content (AvgIpc) is 2.99. The Bertz CT molecular complexity index is 1500. The summed E-state index contributed by atoms with van der Waals surface area (Å²) in [6.07, 6.45) is 4.38. The number of likely N-dealkylation sites (tertiary alicyclic amines) is 1. The lowest BCUT2D eigenvalue weighted by molar-refractivity contribution is 0.0961. The number of hydrogen-bond acceptors (Lipinski definition) is 6. The molecule has 1 aliphatic heterocycles. The Morgan fingerprint density at radius 3 is 2.50 bits per heavy atom. The molecule has 4 amide bonds. The minimum absolute atomic E-state index is 0.156. The Hall–Kier alpha value is -4.58. The number of aromatic nitrogens is 1. The van der Waals surface area contributed by atoms with Crippen LogP contribution in [0.15, 0.2) is 48.5 Å². The first kappa shape index (κ1) is 32.3. The molecule has 2 heterocycles. The number of primary amides is 1. The SMILES string of the molecule is CCCCC1CC(NC(=O)Nc2cc(C(N)=O)c(F)cc2F)CCN1Cc1ccc(Oc2ccc(C(=O)NC)cc2)nc1C. The highest BCUT2D eigenvalue weighted by Crippen LogP contribution is 2.27. The van der Waals surface area contributed by atoms with Gasteiger partial charge < -0.3 is 26.4 Å².